The lowest BCUT2D eigenvalue weighted by Gasteiger charge is -2.23. The molecule has 0 bridgehead atoms. The Morgan fingerprint density at radius 1 is 1.24 bits per heavy atom. The van der Waals surface area contributed by atoms with Crippen LogP contribution in [-0.2, 0) is 9.53 Å². The maximum Gasteiger partial charge on any atom is 0.345 e. The number of aryl methyl sites for hydroxylation is 1. The van der Waals surface area contributed by atoms with Crippen LogP contribution in [0.15, 0.2) is 42.5 Å². The van der Waals surface area contributed by atoms with Crippen LogP contribution < -0.4 is 10.2 Å². The maximum atomic E-state index is 12.1. The molecule has 0 aliphatic heterocycles. The summed E-state index contributed by atoms with van der Waals surface area (Å²) < 4.78 is 4.89. The maximum absolute atomic E-state index is 12.1. The largest absolute Gasteiger partial charge is 0.452 e. The third-order valence-corrected chi connectivity index (χ3v) is 4.40. The Bertz CT molecular complexity index is 903. The number of carbonyl (C=O) groups excluding carboxylic acids is 2. The van der Waals surface area contributed by atoms with E-state index in [1.165, 1.54) is 6.07 Å². The number of nitro groups is 1. The summed E-state index contributed by atoms with van der Waals surface area (Å²) in [5.74, 6) is -1.48. The van der Waals surface area contributed by atoms with Crippen LogP contribution >= 0.6 is 11.6 Å². The fourth-order valence-electron chi connectivity index (χ4n) is 2.72. The normalized spacial score (nSPS) is 10.3. The second kappa shape index (κ2) is 10.4. The lowest BCUT2D eigenvalue weighted by molar-refractivity contribution is -0.385. The molecule has 0 spiro atoms. The van der Waals surface area contributed by atoms with Gasteiger partial charge in [0.1, 0.15) is 5.56 Å². The highest BCUT2D eigenvalue weighted by molar-refractivity contribution is 6.31. The summed E-state index contributed by atoms with van der Waals surface area (Å²) in [7, 11) is 0. The number of nitrogens with one attached hydrogen (secondary N) is 1. The van der Waals surface area contributed by atoms with Crippen LogP contribution in [0.3, 0.4) is 0 Å². The summed E-state index contributed by atoms with van der Waals surface area (Å²) in [4.78, 5) is 36.5. The molecule has 0 aliphatic carbocycles. The minimum Gasteiger partial charge on any atom is -0.452 e. The molecular formula is C20H22ClN3O5. The van der Waals surface area contributed by atoms with E-state index in [1.807, 2.05) is 32.0 Å². The molecule has 0 saturated carbocycles. The molecule has 0 fully saturated rings. The molecule has 0 atom stereocenters. The quantitative estimate of drug-likeness (QED) is 0.380. The van der Waals surface area contributed by atoms with Gasteiger partial charge < -0.3 is 15.0 Å². The number of rotatable bonds is 9. The first kappa shape index (κ1) is 22.2. The number of benzene rings is 2. The van der Waals surface area contributed by atoms with Crippen molar-refractivity contribution in [1.82, 2.24) is 5.32 Å². The summed E-state index contributed by atoms with van der Waals surface area (Å²) >= 11 is 5.79. The van der Waals surface area contributed by atoms with Gasteiger partial charge in [-0.1, -0.05) is 23.7 Å². The highest BCUT2D eigenvalue weighted by Gasteiger charge is 2.22. The number of esters is 1. The van der Waals surface area contributed by atoms with Gasteiger partial charge in [0, 0.05) is 36.4 Å². The van der Waals surface area contributed by atoms with Crippen LogP contribution in [0, 0.1) is 17.0 Å². The molecule has 2 aromatic rings. The number of hydrogen-bond donors (Lipinski definition) is 1. The molecule has 9 heteroatoms. The Morgan fingerprint density at radius 3 is 2.66 bits per heavy atom. The summed E-state index contributed by atoms with van der Waals surface area (Å²) in [6, 6.07) is 11.6. The van der Waals surface area contributed by atoms with Crippen molar-refractivity contribution in [3.8, 4) is 0 Å². The molecule has 2 aromatic carbocycles. The summed E-state index contributed by atoms with van der Waals surface area (Å²) in [6.07, 6.45) is 0. The molecule has 0 unspecified atom stereocenters. The first-order valence-electron chi connectivity index (χ1n) is 9.01. The van der Waals surface area contributed by atoms with E-state index in [0.717, 1.165) is 29.9 Å². The van der Waals surface area contributed by atoms with Gasteiger partial charge in [0.15, 0.2) is 6.61 Å². The van der Waals surface area contributed by atoms with Crippen LogP contribution in [-0.4, -0.2) is 43.0 Å². The Kier molecular flexibility index (Phi) is 7.97. The molecular weight excluding hydrogens is 398 g/mol. The highest BCUT2D eigenvalue weighted by Crippen LogP contribution is 2.23. The molecule has 0 saturated heterocycles. The number of hydrogen-bond acceptors (Lipinski definition) is 6. The highest BCUT2D eigenvalue weighted by atomic mass is 35.5. The number of carbonyl (C=O) groups is 2. The Balaban J connectivity index is 1.85. The number of ether oxygens (including phenoxy) is 1. The predicted molar refractivity (Wildman–Crippen MR) is 110 cm³/mol. The van der Waals surface area contributed by atoms with E-state index < -0.39 is 29.1 Å². The summed E-state index contributed by atoms with van der Waals surface area (Å²) in [5, 5.41) is 13.8. The number of amides is 1. The van der Waals surface area contributed by atoms with Gasteiger partial charge in [-0.25, -0.2) is 4.79 Å². The number of nitro benzene ring substituents is 1. The van der Waals surface area contributed by atoms with E-state index in [9.17, 15) is 19.7 Å². The van der Waals surface area contributed by atoms with Crippen molar-refractivity contribution >= 4 is 34.9 Å². The monoisotopic (exact) mass is 419 g/mol. The molecule has 0 aromatic heterocycles. The van der Waals surface area contributed by atoms with E-state index in [1.54, 1.807) is 0 Å². The molecule has 0 heterocycles. The summed E-state index contributed by atoms with van der Waals surface area (Å²) in [6.45, 7) is 5.20. The van der Waals surface area contributed by atoms with Crippen molar-refractivity contribution in [2.75, 3.05) is 31.1 Å². The van der Waals surface area contributed by atoms with Crippen LogP contribution in [0.25, 0.3) is 0 Å². The Labute approximate surface area is 173 Å². The fraction of sp³-hybridized carbons (Fsp3) is 0.300. The fourth-order valence-corrected chi connectivity index (χ4v) is 2.89. The second-order valence-electron chi connectivity index (χ2n) is 6.26. The SMILES string of the molecule is CCN(CCNC(=O)COC(=O)c1cc(Cl)ccc1[N+](=O)[O-])c1cccc(C)c1. The van der Waals surface area contributed by atoms with Crippen molar-refractivity contribution in [1.29, 1.82) is 0 Å². The number of likely N-dealkylation sites (N-methyl/N-ethyl adjacent to an activating group) is 1. The summed E-state index contributed by atoms with van der Waals surface area (Å²) in [5.41, 5.74) is 1.47. The van der Waals surface area contributed by atoms with E-state index in [-0.39, 0.29) is 10.6 Å². The zero-order chi connectivity index (χ0) is 21.4. The average Bonchev–Trinajstić information content (AvgIpc) is 2.69. The molecule has 0 aliphatic rings. The first-order valence-corrected chi connectivity index (χ1v) is 9.39. The van der Waals surface area contributed by atoms with Crippen molar-refractivity contribution < 1.29 is 19.2 Å². The van der Waals surface area contributed by atoms with E-state index in [4.69, 9.17) is 16.3 Å². The van der Waals surface area contributed by atoms with Crippen LogP contribution in [0.2, 0.25) is 5.02 Å². The minimum absolute atomic E-state index is 0.155. The van der Waals surface area contributed by atoms with Crippen molar-refractivity contribution in [3.05, 3.63) is 68.7 Å². The lowest BCUT2D eigenvalue weighted by Crippen LogP contribution is -2.37. The van der Waals surface area contributed by atoms with E-state index >= 15 is 0 Å². The molecule has 1 amide bonds. The molecule has 2 rings (SSSR count). The Morgan fingerprint density at radius 2 is 2.00 bits per heavy atom. The third kappa shape index (κ3) is 6.46. The smallest absolute Gasteiger partial charge is 0.345 e. The topological polar surface area (TPSA) is 102 Å². The molecule has 0 radical (unpaired) electrons. The minimum atomic E-state index is -0.982. The van der Waals surface area contributed by atoms with Crippen molar-refractivity contribution in [2.45, 2.75) is 13.8 Å². The Hall–Kier alpha value is -3.13. The number of anilines is 1. The van der Waals surface area contributed by atoms with Crippen LogP contribution in [0.5, 0.6) is 0 Å². The average molecular weight is 420 g/mol. The standard InChI is InChI=1S/C20H22ClN3O5/c1-3-23(16-6-4-5-14(2)11-16)10-9-22-19(25)13-29-20(26)17-12-15(21)7-8-18(17)24(27)28/h4-8,11-12H,3,9-10,13H2,1-2H3,(H,22,25). The zero-order valence-electron chi connectivity index (χ0n) is 16.2. The van der Waals surface area contributed by atoms with Crippen molar-refractivity contribution in [3.63, 3.8) is 0 Å². The number of halogens is 1. The van der Waals surface area contributed by atoms with Gasteiger partial charge in [0.25, 0.3) is 11.6 Å². The van der Waals surface area contributed by atoms with Crippen LogP contribution in [0.4, 0.5) is 11.4 Å². The molecule has 154 valence electrons. The van der Waals surface area contributed by atoms with Gasteiger partial charge in [0.05, 0.1) is 4.92 Å². The first-order chi connectivity index (χ1) is 13.8. The van der Waals surface area contributed by atoms with Crippen molar-refractivity contribution in [2.24, 2.45) is 0 Å². The van der Waals surface area contributed by atoms with Gasteiger partial charge >= 0.3 is 5.97 Å². The predicted octanol–water partition coefficient (Wildman–Crippen LogP) is 3.36. The molecule has 29 heavy (non-hydrogen) atoms. The molecule has 8 nitrogen and oxygen atoms in total. The van der Waals surface area contributed by atoms with Crippen LogP contribution in [0.1, 0.15) is 22.8 Å². The van der Waals surface area contributed by atoms with Gasteiger partial charge in [-0.05, 0) is 43.7 Å². The van der Waals surface area contributed by atoms with Gasteiger partial charge in [-0.2, -0.15) is 0 Å². The lowest BCUT2D eigenvalue weighted by atomic mass is 10.2. The zero-order valence-corrected chi connectivity index (χ0v) is 16.9. The third-order valence-electron chi connectivity index (χ3n) is 4.16. The second-order valence-corrected chi connectivity index (χ2v) is 6.70. The number of nitrogens with zero attached hydrogens (tertiary/aromatic N) is 2. The van der Waals surface area contributed by atoms with E-state index in [2.05, 4.69) is 16.3 Å². The van der Waals surface area contributed by atoms with Gasteiger partial charge in [0.2, 0.25) is 0 Å². The van der Waals surface area contributed by atoms with E-state index in [0.29, 0.717) is 13.1 Å². The molecule has 1 N–H and O–H groups in total. The van der Waals surface area contributed by atoms with Gasteiger partial charge in [-0.3, -0.25) is 14.9 Å². The van der Waals surface area contributed by atoms with Gasteiger partial charge in [-0.15, -0.1) is 0 Å².